The molecule has 148 valence electrons. The number of likely N-dealkylation sites (tertiary alicyclic amines) is 1. The predicted octanol–water partition coefficient (Wildman–Crippen LogP) is 3.03. The van der Waals surface area contributed by atoms with Gasteiger partial charge in [0.1, 0.15) is 11.6 Å². The Kier molecular flexibility index (Phi) is 5.66. The van der Waals surface area contributed by atoms with E-state index in [1.807, 2.05) is 0 Å². The maximum atomic E-state index is 13.0. The lowest BCUT2D eigenvalue weighted by Crippen LogP contribution is -2.34. The number of carbonyl (C=O) groups is 1. The van der Waals surface area contributed by atoms with Gasteiger partial charge in [0.2, 0.25) is 0 Å². The molecule has 1 fully saturated rings. The van der Waals surface area contributed by atoms with Crippen molar-refractivity contribution in [3.05, 3.63) is 53.5 Å². The van der Waals surface area contributed by atoms with E-state index in [1.165, 1.54) is 36.5 Å². The van der Waals surface area contributed by atoms with E-state index in [-0.39, 0.29) is 21.8 Å². The number of anilines is 2. The smallest absolute Gasteiger partial charge is 0.320 e. The normalized spacial score (nSPS) is 16.9. The van der Waals surface area contributed by atoms with Gasteiger partial charge in [-0.1, -0.05) is 0 Å². The van der Waals surface area contributed by atoms with E-state index in [0.29, 0.717) is 35.1 Å². The zero-order valence-corrected chi connectivity index (χ0v) is 15.1. The minimum absolute atomic E-state index is 0. The Balaban J connectivity index is 0.00000280. The minimum atomic E-state index is -0.368. The topological polar surface area (TPSA) is 107 Å². The zero-order valence-electron chi connectivity index (χ0n) is 15.1. The molecule has 7 nitrogen and oxygen atoms in total. The molecule has 1 aromatic carbocycles. The molecule has 0 saturated carbocycles. The van der Waals surface area contributed by atoms with Crippen LogP contribution in [-0.4, -0.2) is 48.3 Å². The first-order chi connectivity index (χ1) is 12.9. The van der Waals surface area contributed by atoms with Gasteiger partial charge < -0.3 is 16.0 Å². The summed E-state index contributed by atoms with van der Waals surface area (Å²) in [5.41, 5.74) is 7.42. The van der Waals surface area contributed by atoms with Crippen LogP contribution < -0.4 is 16.4 Å². The molecular formula is C19H29FN6O. The Morgan fingerprint density at radius 1 is 1.44 bits per heavy atom. The molecule has 1 aromatic heterocycles. The first-order valence-electron chi connectivity index (χ1n) is 8.76. The maximum Gasteiger partial charge on any atom is 0.320 e. The molecule has 0 unspecified atom stereocenters. The van der Waals surface area contributed by atoms with E-state index in [1.54, 1.807) is 0 Å². The van der Waals surface area contributed by atoms with Gasteiger partial charge in [0.05, 0.1) is 5.71 Å². The third kappa shape index (κ3) is 4.79. The number of nitrogen functional groups attached to an aromatic ring is 1. The summed E-state index contributed by atoms with van der Waals surface area (Å²) >= 11 is 0. The van der Waals surface area contributed by atoms with Gasteiger partial charge in [-0.15, -0.1) is 0 Å². The number of hydrogen-bond acceptors (Lipinski definition) is 5. The second-order valence-electron chi connectivity index (χ2n) is 6.79. The number of halogens is 1. The number of nitrogens with one attached hydrogen (secondary N) is 3. The number of urea groups is 1. The summed E-state index contributed by atoms with van der Waals surface area (Å²) in [4.78, 5) is 18.4. The van der Waals surface area contributed by atoms with Gasteiger partial charge in [-0.2, -0.15) is 0 Å². The van der Waals surface area contributed by atoms with Gasteiger partial charge in [-0.25, -0.2) is 14.2 Å². The molecule has 27 heavy (non-hydrogen) atoms. The first kappa shape index (κ1) is 18.8. The number of pyridine rings is 1. The van der Waals surface area contributed by atoms with E-state index in [2.05, 4.69) is 27.6 Å². The number of nitrogens with zero attached hydrogens (tertiary/aromatic N) is 2. The molecule has 0 bridgehead atoms. The Labute approximate surface area is 161 Å². The van der Waals surface area contributed by atoms with Crippen LogP contribution in [0.3, 0.4) is 0 Å². The summed E-state index contributed by atoms with van der Waals surface area (Å²) in [6.45, 7) is 2.64. The van der Waals surface area contributed by atoms with E-state index in [4.69, 9.17) is 11.1 Å². The van der Waals surface area contributed by atoms with Crippen LogP contribution in [0.4, 0.5) is 20.7 Å². The van der Waals surface area contributed by atoms with Gasteiger partial charge in [-0.05, 0) is 50.2 Å². The number of hydrogen-bond donors (Lipinski definition) is 4. The lowest BCUT2D eigenvalue weighted by atomic mass is 10.0. The van der Waals surface area contributed by atoms with Gasteiger partial charge in [-0.3, -0.25) is 10.7 Å². The first-order valence-corrected chi connectivity index (χ1v) is 8.76. The van der Waals surface area contributed by atoms with Crippen LogP contribution in [0.1, 0.15) is 21.8 Å². The van der Waals surface area contributed by atoms with Crippen molar-refractivity contribution < 1.29 is 13.5 Å². The van der Waals surface area contributed by atoms with Crippen LogP contribution in [-0.2, 0) is 0 Å². The average molecular weight is 376 g/mol. The lowest BCUT2D eigenvalue weighted by Gasteiger charge is -2.13. The minimum Gasteiger partial charge on any atom is -0.398 e. The molecule has 1 aliphatic rings. The van der Waals surface area contributed by atoms with Crippen molar-refractivity contribution in [1.29, 1.82) is 5.41 Å². The van der Waals surface area contributed by atoms with Crippen LogP contribution in [0.2, 0.25) is 0 Å². The lowest BCUT2D eigenvalue weighted by molar-refractivity contribution is 0.250. The van der Waals surface area contributed by atoms with Crippen LogP contribution in [0, 0.1) is 17.1 Å². The highest BCUT2D eigenvalue weighted by molar-refractivity contribution is 6.13. The van der Waals surface area contributed by atoms with Crippen molar-refractivity contribution in [2.24, 2.45) is 5.92 Å². The summed E-state index contributed by atoms with van der Waals surface area (Å²) in [6.07, 6.45) is 2.50. The van der Waals surface area contributed by atoms with Crippen molar-refractivity contribution in [3.8, 4) is 0 Å². The quantitative estimate of drug-likeness (QED) is 0.602. The number of rotatable bonds is 5. The van der Waals surface area contributed by atoms with E-state index < -0.39 is 0 Å². The van der Waals surface area contributed by atoms with Gasteiger partial charge >= 0.3 is 6.03 Å². The fourth-order valence-electron chi connectivity index (χ4n) is 3.11. The molecule has 2 amide bonds. The number of carbonyl (C=O) groups excluding carboxylic acids is 1. The van der Waals surface area contributed by atoms with Crippen LogP contribution in [0.5, 0.6) is 0 Å². The molecule has 8 heteroatoms. The third-order valence-corrected chi connectivity index (χ3v) is 4.62. The standard InChI is InChI=1S/C19H23FN6O.3H2/c1-26-7-6-12(11-26)9-24-19(27)25-17-8-16(21)15(10-23-17)18(22)13-2-4-14(20)5-3-13;;;/h2-5,8,10,12,22H,6-7,9,11H2,1H3,(H4,21,23,24,25,27);3*1H/t12-;;;/m0.../s1. The van der Waals surface area contributed by atoms with Crippen molar-refractivity contribution in [2.45, 2.75) is 6.42 Å². The molecule has 0 aliphatic carbocycles. The number of nitrogens with two attached hydrogens (primary N) is 1. The second kappa shape index (κ2) is 8.13. The molecule has 3 rings (SSSR count). The predicted molar refractivity (Wildman–Crippen MR) is 110 cm³/mol. The average Bonchev–Trinajstić information content (AvgIpc) is 3.06. The zero-order chi connectivity index (χ0) is 19.4. The van der Waals surface area contributed by atoms with Crippen molar-refractivity contribution in [3.63, 3.8) is 0 Å². The number of aromatic nitrogens is 1. The highest BCUT2D eigenvalue weighted by Crippen LogP contribution is 2.19. The van der Waals surface area contributed by atoms with Crippen molar-refractivity contribution in [2.75, 3.05) is 37.7 Å². The van der Waals surface area contributed by atoms with E-state index >= 15 is 0 Å². The Morgan fingerprint density at radius 2 is 2.19 bits per heavy atom. The SMILES string of the molecule is CN1CC[C@@H](CNC(=O)Nc2cc(N)c(C(=N)c3ccc(F)cc3)cn2)C1.[HH].[HH].[HH]. The molecular weight excluding hydrogens is 347 g/mol. The fraction of sp³-hybridized carbons (Fsp3) is 0.316. The second-order valence-corrected chi connectivity index (χ2v) is 6.79. The summed E-state index contributed by atoms with van der Waals surface area (Å²) in [7, 11) is 2.07. The van der Waals surface area contributed by atoms with Crippen LogP contribution in [0.25, 0.3) is 0 Å². The van der Waals surface area contributed by atoms with E-state index in [0.717, 1.165) is 19.5 Å². The third-order valence-electron chi connectivity index (χ3n) is 4.62. The molecule has 1 saturated heterocycles. The summed E-state index contributed by atoms with van der Waals surface area (Å²) in [5, 5.41) is 13.7. The molecule has 0 radical (unpaired) electrons. The summed E-state index contributed by atoms with van der Waals surface area (Å²) in [6, 6.07) is 6.77. The van der Waals surface area contributed by atoms with Gasteiger partial charge in [0, 0.05) is 46.4 Å². The largest absolute Gasteiger partial charge is 0.398 e. The molecule has 0 spiro atoms. The van der Waals surface area contributed by atoms with Gasteiger partial charge in [0.25, 0.3) is 0 Å². The number of amides is 2. The highest BCUT2D eigenvalue weighted by Gasteiger charge is 2.20. The van der Waals surface area contributed by atoms with Crippen molar-refractivity contribution >= 4 is 23.2 Å². The summed E-state index contributed by atoms with van der Waals surface area (Å²) in [5.74, 6) is 0.397. The number of benzene rings is 1. The Bertz CT molecular complexity index is 853. The maximum absolute atomic E-state index is 13.0. The highest BCUT2D eigenvalue weighted by atomic mass is 19.1. The van der Waals surface area contributed by atoms with Crippen LogP contribution >= 0.6 is 0 Å². The summed E-state index contributed by atoms with van der Waals surface area (Å²) < 4.78 is 13.0. The fourth-order valence-corrected chi connectivity index (χ4v) is 3.11. The van der Waals surface area contributed by atoms with E-state index in [9.17, 15) is 9.18 Å². The Morgan fingerprint density at radius 3 is 2.81 bits per heavy atom. The molecule has 2 heterocycles. The van der Waals surface area contributed by atoms with Crippen LogP contribution in [0.15, 0.2) is 36.5 Å². The molecule has 1 aliphatic heterocycles. The van der Waals surface area contributed by atoms with Crippen molar-refractivity contribution in [1.82, 2.24) is 15.2 Å². The monoisotopic (exact) mass is 376 g/mol. The molecule has 2 aromatic rings. The molecule has 5 N–H and O–H groups in total. The van der Waals surface area contributed by atoms with Gasteiger partial charge in [0.15, 0.2) is 0 Å². The Hall–Kier alpha value is -3.00. The molecule has 1 atom stereocenters.